The normalized spacial score (nSPS) is 10.3. The van der Waals surface area contributed by atoms with Crippen molar-refractivity contribution in [3.05, 3.63) is 105 Å². The van der Waals surface area contributed by atoms with Crippen LogP contribution in [0.15, 0.2) is 78.9 Å². The average Bonchev–Trinajstić information content (AvgIpc) is 2.61. The molecule has 0 aliphatic heterocycles. The van der Waals surface area contributed by atoms with E-state index in [1.54, 1.807) is 42.5 Å². The van der Waals surface area contributed by atoms with Crippen LogP contribution in [0.1, 0.15) is 31.8 Å². The van der Waals surface area contributed by atoms with Crippen molar-refractivity contribution in [2.24, 2.45) is 0 Å². The van der Waals surface area contributed by atoms with Gasteiger partial charge in [-0.3, -0.25) is 9.59 Å². The first-order chi connectivity index (χ1) is 11.2. The third-order valence-electron chi connectivity index (χ3n) is 3.54. The molecule has 0 bridgehead atoms. The van der Waals surface area contributed by atoms with Gasteiger partial charge in [0.15, 0.2) is 11.6 Å². The Labute approximate surface area is 148 Å². The Bertz CT molecular complexity index is 870. The highest BCUT2D eigenvalue weighted by Gasteiger charge is 2.19. The van der Waals surface area contributed by atoms with Crippen molar-refractivity contribution in [2.75, 3.05) is 0 Å². The molecule has 112 valence electrons. The molecule has 0 N–H and O–H groups in total. The van der Waals surface area contributed by atoms with Crippen LogP contribution in [0.5, 0.6) is 0 Å². The Morgan fingerprint density at radius 3 is 1.74 bits per heavy atom. The molecule has 0 atom stereocenters. The minimum atomic E-state index is -0.139. The second-order valence-electron chi connectivity index (χ2n) is 5.08. The molecule has 3 rings (SSSR count). The van der Waals surface area contributed by atoms with Crippen molar-refractivity contribution < 1.29 is 9.59 Å². The highest BCUT2D eigenvalue weighted by molar-refractivity contribution is 14.1. The van der Waals surface area contributed by atoms with Crippen LogP contribution in [0, 0.1) is 3.57 Å². The first-order valence-electron chi connectivity index (χ1n) is 7.16. The van der Waals surface area contributed by atoms with Gasteiger partial charge in [0.1, 0.15) is 0 Å². The molecule has 2 nitrogen and oxygen atoms in total. The van der Waals surface area contributed by atoms with Gasteiger partial charge in [0.2, 0.25) is 0 Å². The molecular formula is C20H13IO2. The standard InChI is InChI=1S/C20H13IO2/c21-16-10-6-9-15(13-16)20(23)18-12-5-4-11-17(18)19(22)14-7-2-1-3-8-14/h1-13H. The Balaban J connectivity index is 2.05. The molecule has 0 aliphatic rings. The van der Waals surface area contributed by atoms with E-state index in [-0.39, 0.29) is 11.6 Å². The molecule has 0 saturated heterocycles. The number of benzene rings is 3. The second kappa shape index (κ2) is 6.87. The summed E-state index contributed by atoms with van der Waals surface area (Å²) < 4.78 is 0.986. The first-order valence-corrected chi connectivity index (χ1v) is 8.24. The van der Waals surface area contributed by atoms with E-state index < -0.39 is 0 Å². The number of carbonyl (C=O) groups excluding carboxylic acids is 2. The fraction of sp³-hybridized carbons (Fsp3) is 0. The summed E-state index contributed by atoms with van der Waals surface area (Å²) in [6.45, 7) is 0. The van der Waals surface area contributed by atoms with Crippen molar-refractivity contribution in [1.82, 2.24) is 0 Å². The fourth-order valence-corrected chi connectivity index (χ4v) is 2.95. The zero-order chi connectivity index (χ0) is 16.2. The quantitative estimate of drug-likeness (QED) is 0.458. The summed E-state index contributed by atoms with van der Waals surface area (Å²) in [6.07, 6.45) is 0. The predicted octanol–water partition coefficient (Wildman–Crippen LogP) is 4.75. The molecule has 0 saturated carbocycles. The molecular weight excluding hydrogens is 399 g/mol. The molecule has 0 amide bonds. The molecule has 3 aromatic carbocycles. The molecule has 0 radical (unpaired) electrons. The van der Waals surface area contributed by atoms with E-state index in [2.05, 4.69) is 22.6 Å². The van der Waals surface area contributed by atoms with Gasteiger partial charge in [-0.25, -0.2) is 0 Å². The third kappa shape index (κ3) is 3.40. The van der Waals surface area contributed by atoms with Crippen LogP contribution in [0.2, 0.25) is 0 Å². The fourth-order valence-electron chi connectivity index (χ4n) is 2.41. The number of ketones is 2. The van der Waals surface area contributed by atoms with Crippen LogP contribution in [-0.2, 0) is 0 Å². The Kier molecular flexibility index (Phi) is 4.67. The van der Waals surface area contributed by atoms with E-state index >= 15 is 0 Å². The highest BCUT2D eigenvalue weighted by Crippen LogP contribution is 2.19. The van der Waals surface area contributed by atoms with Gasteiger partial charge in [-0.15, -0.1) is 0 Å². The van der Waals surface area contributed by atoms with E-state index in [9.17, 15) is 9.59 Å². The lowest BCUT2D eigenvalue weighted by atomic mass is 9.93. The SMILES string of the molecule is O=C(c1ccccc1)c1ccccc1C(=O)c1cccc(I)c1. The molecule has 23 heavy (non-hydrogen) atoms. The average molecular weight is 412 g/mol. The van der Waals surface area contributed by atoms with Crippen LogP contribution < -0.4 is 0 Å². The summed E-state index contributed by atoms with van der Waals surface area (Å²) in [5.74, 6) is -0.274. The van der Waals surface area contributed by atoms with Crippen LogP contribution in [0.25, 0.3) is 0 Å². The lowest BCUT2D eigenvalue weighted by Gasteiger charge is -2.08. The Morgan fingerprint density at radius 1 is 0.609 bits per heavy atom. The van der Waals surface area contributed by atoms with E-state index in [1.165, 1.54) is 0 Å². The monoisotopic (exact) mass is 412 g/mol. The number of hydrogen-bond acceptors (Lipinski definition) is 2. The summed E-state index contributed by atoms with van der Waals surface area (Å²) in [5, 5.41) is 0. The van der Waals surface area contributed by atoms with Gasteiger partial charge >= 0.3 is 0 Å². The Morgan fingerprint density at radius 2 is 1.13 bits per heavy atom. The van der Waals surface area contributed by atoms with E-state index in [1.807, 2.05) is 36.4 Å². The maximum absolute atomic E-state index is 12.8. The molecule has 3 aromatic rings. The van der Waals surface area contributed by atoms with Crippen LogP contribution in [0.3, 0.4) is 0 Å². The highest BCUT2D eigenvalue weighted by atomic mass is 127. The summed E-state index contributed by atoms with van der Waals surface area (Å²) >= 11 is 2.17. The van der Waals surface area contributed by atoms with Gasteiger partial charge in [-0.2, -0.15) is 0 Å². The second-order valence-corrected chi connectivity index (χ2v) is 6.33. The first kappa shape index (κ1) is 15.6. The van der Waals surface area contributed by atoms with Gasteiger partial charge in [0, 0.05) is 25.8 Å². The number of halogens is 1. The smallest absolute Gasteiger partial charge is 0.193 e. The van der Waals surface area contributed by atoms with Gasteiger partial charge < -0.3 is 0 Å². The summed E-state index contributed by atoms with van der Waals surface area (Å²) in [5.41, 5.74) is 2.03. The molecule has 0 unspecified atom stereocenters. The van der Waals surface area contributed by atoms with Crippen molar-refractivity contribution >= 4 is 34.2 Å². The van der Waals surface area contributed by atoms with Crippen molar-refractivity contribution in [3.8, 4) is 0 Å². The predicted molar refractivity (Wildman–Crippen MR) is 98.9 cm³/mol. The van der Waals surface area contributed by atoms with Crippen LogP contribution in [-0.4, -0.2) is 11.6 Å². The maximum Gasteiger partial charge on any atom is 0.193 e. The molecule has 3 heteroatoms. The number of rotatable bonds is 4. The van der Waals surface area contributed by atoms with Gasteiger partial charge in [0.05, 0.1) is 0 Å². The van der Waals surface area contributed by atoms with E-state index in [0.29, 0.717) is 22.3 Å². The molecule has 0 heterocycles. The van der Waals surface area contributed by atoms with Gasteiger partial charge in [-0.1, -0.05) is 66.7 Å². The molecule has 0 aliphatic carbocycles. The third-order valence-corrected chi connectivity index (χ3v) is 4.21. The van der Waals surface area contributed by atoms with E-state index in [0.717, 1.165) is 3.57 Å². The molecule has 0 fully saturated rings. The number of hydrogen-bond donors (Lipinski definition) is 0. The van der Waals surface area contributed by atoms with Gasteiger partial charge in [-0.05, 0) is 34.7 Å². The minimum Gasteiger partial charge on any atom is -0.289 e. The van der Waals surface area contributed by atoms with Gasteiger partial charge in [0.25, 0.3) is 0 Å². The largest absolute Gasteiger partial charge is 0.289 e. The van der Waals surface area contributed by atoms with Crippen LogP contribution >= 0.6 is 22.6 Å². The molecule has 0 aromatic heterocycles. The van der Waals surface area contributed by atoms with Crippen molar-refractivity contribution in [2.45, 2.75) is 0 Å². The van der Waals surface area contributed by atoms with Crippen molar-refractivity contribution in [1.29, 1.82) is 0 Å². The summed E-state index contributed by atoms with van der Waals surface area (Å²) in [7, 11) is 0. The Hall–Kier alpha value is -2.27. The zero-order valence-electron chi connectivity index (χ0n) is 12.2. The van der Waals surface area contributed by atoms with E-state index in [4.69, 9.17) is 0 Å². The topological polar surface area (TPSA) is 34.1 Å². The number of carbonyl (C=O) groups is 2. The zero-order valence-corrected chi connectivity index (χ0v) is 14.4. The lowest BCUT2D eigenvalue weighted by Crippen LogP contribution is -2.11. The summed E-state index contributed by atoms with van der Waals surface area (Å²) in [6, 6.07) is 23.4. The molecule has 0 spiro atoms. The summed E-state index contributed by atoms with van der Waals surface area (Å²) in [4.78, 5) is 25.5. The lowest BCUT2D eigenvalue weighted by molar-refractivity contribution is 0.100. The van der Waals surface area contributed by atoms with Crippen molar-refractivity contribution in [3.63, 3.8) is 0 Å². The maximum atomic E-state index is 12.8. The minimum absolute atomic E-state index is 0.136. The van der Waals surface area contributed by atoms with Crippen LogP contribution in [0.4, 0.5) is 0 Å².